The van der Waals surface area contributed by atoms with Crippen molar-refractivity contribution in [1.82, 2.24) is 10.3 Å². The van der Waals surface area contributed by atoms with E-state index in [0.29, 0.717) is 11.3 Å². The number of fused-ring (bicyclic) bond motifs is 1. The van der Waals surface area contributed by atoms with Crippen molar-refractivity contribution in [3.63, 3.8) is 0 Å². The molecule has 122 valence electrons. The topological polar surface area (TPSA) is 62.0 Å². The van der Waals surface area contributed by atoms with Crippen LogP contribution in [0.15, 0.2) is 47.3 Å². The Morgan fingerprint density at radius 3 is 2.67 bits per heavy atom. The average Bonchev–Trinajstić information content (AvgIpc) is 2.52. The number of carbonyl (C=O) groups is 1. The van der Waals surface area contributed by atoms with Gasteiger partial charge in [-0.15, -0.1) is 0 Å². The predicted octanol–water partition coefficient (Wildman–Crippen LogP) is 3.04. The van der Waals surface area contributed by atoms with E-state index < -0.39 is 23.1 Å². The van der Waals surface area contributed by atoms with Crippen molar-refractivity contribution in [2.45, 2.75) is 13.5 Å². The molecule has 1 amide bonds. The average molecular weight is 328 g/mol. The van der Waals surface area contributed by atoms with Gasteiger partial charge in [0, 0.05) is 17.6 Å². The molecule has 1 aromatic heterocycles. The number of halogens is 2. The summed E-state index contributed by atoms with van der Waals surface area (Å²) >= 11 is 0. The van der Waals surface area contributed by atoms with Gasteiger partial charge in [-0.3, -0.25) is 9.59 Å². The largest absolute Gasteiger partial charge is 0.348 e. The Bertz CT molecular complexity index is 996. The van der Waals surface area contributed by atoms with Gasteiger partial charge in [0.05, 0.1) is 10.9 Å². The van der Waals surface area contributed by atoms with Gasteiger partial charge in [-0.05, 0) is 30.7 Å². The van der Waals surface area contributed by atoms with Gasteiger partial charge >= 0.3 is 0 Å². The number of hydrogen-bond donors (Lipinski definition) is 2. The summed E-state index contributed by atoms with van der Waals surface area (Å²) < 4.78 is 27.1. The molecule has 0 fully saturated rings. The maximum atomic E-state index is 13.9. The second-order valence-electron chi connectivity index (χ2n) is 5.43. The number of carbonyl (C=O) groups excluding carboxylic acids is 1. The molecule has 2 aromatic carbocycles. The summed E-state index contributed by atoms with van der Waals surface area (Å²) in [5, 5.41) is 2.75. The second-order valence-corrected chi connectivity index (χ2v) is 5.43. The molecular formula is C18H14F2N2O2. The molecule has 0 atom stereocenters. The number of amides is 1. The summed E-state index contributed by atoms with van der Waals surface area (Å²) in [7, 11) is 0. The van der Waals surface area contributed by atoms with Crippen LogP contribution in [0, 0.1) is 18.6 Å². The number of pyridine rings is 1. The van der Waals surface area contributed by atoms with Gasteiger partial charge in [-0.2, -0.15) is 0 Å². The van der Waals surface area contributed by atoms with Gasteiger partial charge in [0.1, 0.15) is 11.6 Å². The molecule has 0 saturated carbocycles. The summed E-state index contributed by atoms with van der Waals surface area (Å²) in [5.74, 6) is -1.55. The molecule has 0 aliphatic carbocycles. The van der Waals surface area contributed by atoms with Crippen LogP contribution >= 0.6 is 0 Å². The number of aromatic nitrogens is 1. The molecule has 6 heteroatoms. The molecule has 2 N–H and O–H groups in total. The lowest BCUT2D eigenvalue weighted by Crippen LogP contribution is -2.26. The zero-order chi connectivity index (χ0) is 17.3. The fraction of sp³-hybridized carbons (Fsp3) is 0.111. The van der Waals surface area contributed by atoms with E-state index in [1.54, 1.807) is 19.1 Å². The van der Waals surface area contributed by atoms with Crippen molar-refractivity contribution in [2.75, 3.05) is 0 Å². The highest BCUT2D eigenvalue weighted by Gasteiger charge is 2.17. The Morgan fingerprint density at radius 2 is 1.92 bits per heavy atom. The number of rotatable bonds is 3. The Morgan fingerprint density at radius 1 is 1.17 bits per heavy atom. The second kappa shape index (κ2) is 6.23. The van der Waals surface area contributed by atoms with Gasteiger partial charge < -0.3 is 10.3 Å². The van der Waals surface area contributed by atoms with Crippen LogP contribution in [-0.2, 0) is 6.54 Å². The summed E-state index contributed by atoms with van der Waals surface area (Å²) in [6, 6.07) is 10.00. The number of nitrogens with one attached hydrogen (secondary N) is 2. The lowest BCUT2D eigenvalue weighted by molar-refractivity contribution is 0.0951. The number of aromatic amines is 1. The summed E-state index contributed by atoms with van der Waals surface area (Å²) in [6.07, 6.45) is 0. The van der Waals surface area contributed by atoms with E-state index >= 15 is 0 Å². The van der Waals surface area contributed by atoms with Crippen LogP contribution in [0.25, 0.3) is 10.8 Å². The van der Waals surface area contributed by atoms with Gasteiger partial charge in [0.15, 0.2) is 0 Å². The standard InChI is InChI=1S/C18H14F2N2O2/c1-10-15(13-6-3-7-14(20)16(13)18(24)22-10)17(23)21-9-11-4-2-5-12(19)8-11/h2-8H,9H2,1H3,(H,21,23)(H,22,24). The number of benzene rings is 2. The van der Waals surface area contributed by atoms with Crippen molar-refractivity contribution in [3.8, 4) is 0 Å². The van der Waals surface area contributed by atoms with Gasteiger partial charge in [-0.25, -0.2) is 8.78 Å². The van der Waals surface area contributed by atoms with Crippen LogP contribution < -0.4 is 10.9 Å². The predicted molar refractivity (Wildman–Crippen MR) is 86.8 cm³/mol. The van der Waals surface area contributed by atoms with Crippen LogP contribution in [-0.4, -0.2) is 10.9 Å². The Kier molecular flexibility index (Phi) is 4.12. The van der Waals surface area contributed by atoms with E-state index in [2.05, 4.69) is 10.3 Å². The molecule has 1 heterocycles. The molecule has 0 spiro atoms. The molecule has 0 bridgehead atoms. The van der Waals surface area contributed by atoms with Crippen LogP contribution in [0.3, 0.4) is 0 Å². The van der Waals surface area contributed by atoms with Gasteiger partial charge in [-0.1, -0.05) is 24.3 Å². The van der Waals surface area contributed by atoms with Gasteiger partial charge in [0.25, 0.3) is 11.5 Å². The first kappa shape index (κ1) is 15.9. The molecule has 0 aliphatic heterocycles. The molecule has 4 nitrogen and oxygen atoms in total. The molecular weight excluding hydrogens is 314 g/mol. The highest BCUT2D eigenvalue weighted by Crippen LogP contribution is 2.20. The fourth-order valence-electron chi connectivity index (χ4n) is 2.67. The molecule has 0 unspecified atom stereocenters. The Hall–Kier alpha value is -3.02. The molecule has 3 rings (SSSR count). The monoisotopic (exact) mass is 328 g/mol. The first-order valence-electron chi connectivity index (χ1n) is 7.31. The van der Waals surface area contributed by atoms with Crippen molar-refractivity contribution in [3.05, 3.63) is 81.3 Å². The molecule has 24 heavy (non-hydrogen) atoms. The molecule has 3 aromatic rings. The van der Waals surface area contributed by atoms with Crippen LogP contribution in [0.5, 0.6) is 0 Å². The number of H-pyrrole nitrogens is 1. The molecule has 0 aliphatic rings. The minimum Gasteiger partial charge on any atom is -0.348 e. The quantitative estimate of drug-likeness (QED) is 0.776. The fourth-order valence-corrected chi connectivity index (χ4v) is 2.67. The van der Waals surface area contributed by atoms with Crippen molar-refractivity contribution in [2.24, 2.45) is 0 Å². The lowest BCUT2D eigenvalue weighted by atomic mass is 10.0. The van der Waals surface area contributed by atoms with Crippen LogP contribution in [0.2, 0.25) is 0 Å². The van der Waals surface area contributed by atoms with E-state index in [0.717, 1.165) is 0 Å². The SMILES string of the molecule is Cc1[nH]c(=O)c2c(F)cccc2c1C(=O)NCc1cccc(F)c1. The normalized spacial score (nSPS) is 10.8. The first-order chi connectivity index (χ1) is 11.5. The summed E-state index contributed by atoms with van der Waals surface area (Å²) in [4.78, 5) is 26.9. The van der Waals surface area contributed by atoms with E-state index in [9.17, 15) is 18.4 Å². The molecule has 0 radical (unpaired) electrons. The van der Waals surface area contributed by atoms with Crippen LogP contribution in [0.1, 0.15) is 21.6 Å². The number of hydrogen-bond acceptors (Lipinski definition) is 2. The molecule has 0 saturated heterocycles. The zero-order valence-electron chi connectivity index (χ0n) is 12.8. The third kappa shape index (κ3) is 2.90. The van der Waals surface area contributed by atoms with Crippen molar-refractivity contribution in [1.29, 1.82) is 0 Å². The summed E-state index contributed by atoms with van der Waals surface area (Å²) in [5.41, 5.74) is 0.554. The van der Waals surface area contributed by atoms with E-state index in [-0.39, 0.29) is 22.9 Å². The number of aryl methyl sites for hydroxylation is 1. The van der Waals surface area contributed by atoms with Crippen molar-refractivity contribution >= 4 is 16.7 Å². The first-order valence-corrected chi connectivity index (χ1v) is 7.31. The van der Waals surface area contributed by atoms with E-state index in [1.165, 1.54) is 30.3 Å². The van der Waals surface area contributed by atoms with Crippen molar-refractivity contribution < 1.29 is 13.6 Å². The minimum atomic E-state index is -0.687. The van der Waals surface area contributed by atoms with E-state index in [4.69, 9.17) is 0 Å². The third-order valence-electron chi connectivity index (χ3n) is 3.76. The Balaban J connectivity index is 1.98. The maximum Gasteiger partial charge on any atom is 0.259 e. The summed E-state index contributed by atoms with van der Waals surface area (Å²) in [6.45, 7) is 1.69. The lowest BCUT2D eigenvalue weighted by Gasteiger charge is -2.11. The Labute approximate surface area is 136 Å². The maximum absolute atomic E-state index is 13.9. The van der Waals surface area contributed by atoms with Gasteiger partial charge in [0.2, 0.25) is 0 Å². The highest BCUT2D eigenvalue weighted by molar-refractivity contribution is 6.07. The van der Waals surface area contributed by atoms with E-state index in [1.807, 2.05) is 0 Å². The zero-order valence-corrected chi connectivity index (χ0v) is 12.8. The van der Waals surface area contributed by atoms with Crippen LogP contribution in [0.4, 0.5) is 8.78 Å². The third-order valence-corrected chi connectivity index (χ3v) is 3.76. The minimum absolute atomic E-state index is 0.117. The smallest absolute Gasteiger partial charge is 0.259 e. The highest BCUT2D eigenvalue weighted by atomic mass is 19.1.